The van der Waals surface area contributed by atoms with Crippen molar-refractivity contribution in [3.8, 4) is 5.75 Å². The molecule has 160 valence electrons. The number of carbonyl (C=O) groups excluding carboxylic acids is 1. The predicted molar refractivity (Wildman–Crippen MR) is 123 cm³/mol. The highest BCUT2D eigenvalue weighted by Crippen LogP contribution is 2.25. The van der Waals surface area contributed by atoms with E-state index in [0.29, 0.717) is 29.5 Å². The molecular weight excluding hydrogens is 426 g/mol. The normalized spacial score (nSPS) is 10.5. The Bertz CT molecular complexity index is 1240. The molecule has 7 nitrogen and oxygen atoms in total. The molecule has 0 aliphatic carbocycles. The van der Waals surface area contributed by atoms with Crippen molar-refractivity contribution in [1.29, 1.82) is 0 Å². The second kappa shape index (κ2) is 9.84. The van der Waals surface area contributed by atoms with Gasteiger partial charge in [0.15, 0.2) is 5.13 Å². The molecule has 0 aliphatic heterocycles. The molecule has 1 amide bonds. The van der Waals surface area contributed by atoms with Crippen molar-refractivity contribution in [3.63, 3.8) is 0 Å². The van der Waals surface area contributed by atoms with Crippen LogP contribution in [0.15, 0.2) is 85.1 Å². The zero-order valence-electron chi connectivity index (χ0n) is 16.9. The Kier molecular flexibility index (Phi) is 6.52. The minimum Gasteiger partial charge on any atom is -0.488 e. The number of amides is 1. The first-order valence-electron chi connectivity index (χ1n) is 9.83. The van der Waals surface area contributed by atoms with Crippen LogP contribution in [-0.4, -0.2) is 15.8 Å². The van der Waals surface area contributed by atoms with Gasteiger partial charge in [0.05, 0.1) is 10.5 Å². The number of aromatic nitrogens is 1. The lowest BCUT2D eigenvalue weighted by Crippen LogP contribution is -2.13. The van der Waals surface area contributed by atoms with E-state index in [1.165, 1.54) is 23.5 Å². The summed E-state index contributed by atoms with van der Waals surface area (Å²) in [5.41, 5.74) is 2.28. The number of thiazole rings is 1. The van der Waals surface area contributed by atoms with Gasteiger partial charge in [0.25, 0.3) is 11.6 Å². The largest absolute Gasteiger partial charge is 0.488 e. The number of benzene rings is 3. The number of ether oxygens (including phenoxy) is 1. The fourth-order valence-corrected chi connectivity index (χ4v) is 3.95. The Morgan fingerprint density at radius 2 is 1.75 bits per heavy atom. The Hall–Kier alpha value is -4.04. The van der Waals surface area contributed by atoms with Crippen LogP contribution in [0, 0.1) is 10.1 Å². The Labute approximate surface area is 188 Å². The van der Waals surface area contributed by atoms with E-state index in [9.17, 15) is 14.9 Å². The summed E-state index contributed by atoms with van der Waals surface area (Å²) in [5.74, 6) is 0.173. The van der Waals surface area contributed by atoms with Gasteiger partial charge in [-0.2, -0.15) is 0 Å². The third kappa shape index (κ3) is 5.35. The van der Waals surface area contributed by atoms with Gasteiger partial charge in [-0.1, -0.05) is 54.6 Å². The topological polar surface area (TPSA) is 94.4 Å². The van der Waals surface area contributed by atoms with E-state index in [4.69, 9.17) is 4.74 Å². The van der Waals surface area contributed by atoms with Crippen LogP contribution in [0.4, 0.5) is 10.8 Å². The molecule has 0 bridgehead atoms. The number of nitrogens with one attached hydrogen (secondary N) is 1. The average molecular weight is 446 g/mol. The lowest BCUT2D eigenvalue weighted by Gasteiger charge is -2.11. The van der Waals surface area contributed by atoms with Gasteiger partial charge in [-0.3, -0.25) is 20.2 Å². The molecule has 1 heterocycles. The van der Waals surface area contributed by atoms with Crippen LogP contribution in [-0.2, 0) is 13.0 Å². The Balaban J connectivity index is 1.42. The van der Waals surface area contributed by atoms with Gasteiger partial charge in [-0.25, -0.2) is 4.98 Å². The molecule has 1 N–H and O–H groups in total. The van der Waals surface area contributed by atoms with E-state index in [1.807, 2.05) is 42.5 Å². The van der Waals surface area contributed by atoms with Crippen molar-refractivity contribution in [2.24, 2.45) is 0 Å². The number of non-ortho nitro benzene ring substituents is 1. The van der Waals surface area contributed by atoms with Crippen molar-refractivity contribution in [2.45, 2.75) is 13.0 Å². The van der Waals surface area contributed by atoms with Gasteiger partial charge in [-0.15, -0.1) is 11.3 Å². The van der Waals surface area contributed by atoms with Crippen molar-refractivity contribution >= 4 is 28.1 Å². The molecule has 0 spiro atoms. The lowest BCUT2D eigenvalue weighted by atomic mass is 10.1. The van der Waals surface area contributed by atoms with E-state index in [2.05, 4.69) is 10.3 Å². The highest BCUT2D eigenvalue weighted by Gasteiger charge is 2.15. The van der Waals surface area contributed by atoms with Crippen molar-refractivity contribution in [2.75, 3.05) is 5.32 Å². The van der Waals surface area contributed by atoms with Gasteiger partial charge < -0.3 is 4.74 Å². The first kappa shape index (κ1) is 21.2. The molecule has 0 unspecified atom stereocenters. The molecule has 0 atom stereocenters. The fraction of sp³-hybridized carbons (Fsp3) is 0.0833. The molecule has 1 aromatic heterocycles. The first-order valence-corrected chi connectivity index (χ1v) is 10.7. The zero-order valence-corrected chi connectivity index (χ0v) is 17.7. The summed E-state index contributed by atoms with van der Waals surface area (Å²) < 4.78 is 5.86. The molecule has 0 saturated carbocycles. The Morgan fingerprint density at radius 1 is 1.00 bits per heavy atom. The summed E-state index contributed by atoms with van der Waals surface area (Å²) in [6.45, 7) is 0.357. The highest BCUT2D eigenvalue weighted by atomic mass is 32.1. The molecule has 0 radical (unpaired) electrons. The summed E-state index contributed by atoms with van der Waals surface area (Å²) in [7, 11) is 0. The average Bonchev–Trinajstić information content (AvgIpc) is 3.25. The number of hydrogen-bond acceptors (Lipinski definition) is 6. The van der Waals surface area contributed by atoms with E-state index in [1.54, 1.807) is 30.5 Å². The summed E-state index contributed by atoms with van der Waals surface area (Å²) in [6, 6.07) is 23.3. The molecule has 4 aromatic rings. The van der Waals surface area contributed by atoms with Crippen LogP contribution in [0.3, 0.4) is 0 Å². The molecule has 0 fully saturated rings. The first-order chi connectivity index (χ1) is 15.6. The fourth-order valence-electron chi connectivity index (χ4n) is 3.11. The number of rotatable bonds is 8. The lowest BCUT2D eigenvalue weighted by molar-refractivity contribution is -0.384. The standard InChI is InChI=1S/C24H19N3O4S/c28-23(21-11-4-5-12-22(21)31-16-17-7-2-1-3-8-17)26-24-25-15-20(32-24)14-18-9-6-10-19(13-18)27(29)30/h1-13,15H,14,16H2,(H,25,26,28). The molecule has 32 heavy (non-hydrogen) atoms. The molecule has 0 saturated heterocycles. The maximum absolute atomic E-state index is 12.8. The van der Waals surface area contributed by atoms with E-state index >= 15 is 0 Å². The Morgan fingerprint density at radius 3 is 2.56 bits per heavy atom. The summed E-state index contributed by atoms with van der Waals surface area (Å²) >= 11 is 1.33. The summed E-state index contributed by atoms with van der Waals surface area (Å²) in [5, 5.41) is 14.2. The van der Waals surface area contributed by atoms with Gasteiger partial charge in [-0.05, 0) is 23.3 Å². The number of hydrogen-bond donors (Lipinski definition) is 1. The van der Waals surface area contributed by atoms with E-state index < -0.39 is 4.92 Å². The maximum atomic E-state index is 12.8. The molecular formula is C24H19N3O4S. The third-order valence-electron chi connectivity index (χ3n) is 4.64. The number of para-hydroxylation sites is 1. The number of carbonyl (C=O) groups is 1. The monoisotopic (exact) mass is 445 g/mol. The minimum absolute atomic E-state index is 0.0488. The quantitative estimate of drug-likeness (QED) is 0.287. The van der Waals surface area contributed by atoms with Gasteiger partial charge in [0.1, 0.15) is 12.4 Å². The number of nitrogens with zero attached hydrogens (tertiary/aromatic N) is 2. The van der Waals surface area contributed by atoms with Crippen LogP contribution in [0.25, 0.3) is 0 Å². The zero-order chi connectivity index (χ0) is 22.3. The molecule has 3 aromatic carbocycles. The second-order valence-electron chi connectivity index (χ2n) is 6.96. The number of anilines is 1. The van der Waals surface area contributed by atoms with Crippen LogP contribution in [0.5, 0.6) is 5.75 Å². The van der Waals surface area contributed by atoms with Crippen molar-refractivity contribution < 1.29 is 14.5 Å². The molecule has 4 rings (SSSR count). The predicted octanol–water partition coefficient (Wildman–Crippen LogP) is 5.47. The second-order valence-corrected chi connectivity index (χ2v) is 8.08. The SMILES string of the molecule is O=C(Nc1ncc(Cc2cccc([N+](=O)[O-])c2)s1)c1ccccc1OCc1ccccc1. The van der Waals surface area contributed by atoms with Crippen molar-refractivity contribution in [3.05, 3.63) is 117 Å². The van der Waals surface area contributed by atoms with Crippen LogP contribution in [0.1, 0.15) is 26.4 Å². The van der Waals surface area contributed by atoms with Gasteiger partial charge in [0, 0.05) is 29.6 Å². The number of nitro benzene ring substituents is 1. The third-order valence-corrected chi connectivity index (χ3v) is 5.56. The van der Waals surface area contributed by atoms with E-state index in [0.717, 1.165) is 16.0 Å². The minimum atomic E-state index is -0.418. The van der Waals surface area contributed by atoms with Crippen LogP contribution >= 0.6 is 11.3 Å². The smallest absolute Gasteiger partial charge is 0.269 e. The van der Waals surface area contributed by atoms with E-state index in [-0.39, 0.29) is 11.6 Å². The van der Waals surface area contributed by atoms with Crippen LogP contribution in [0.2, 0.25) is 0 Å². The molecule has 0 aliphatic rings. The summed E-state index contributed by atoms with van der Waals surface area (Å²) in [4.78, 5) is 28.5. The highest BCUT2D eigenvalue weighted by molar-refractivity contribution is 7.15. The van der Waals surface area contributed by atoms with Crippen LogP contribution < -0.4 is 10.1 Å². The van der Waals surface area contributed by atoms with Crippen molar-refractivity contribution in [1.82, 2.24) is 4.98 Å². The number of nitro groups is 1. The van der Waals surface area contributed by atoms with Gasteiger partial charge in [0.2, 0.25) is 0 Å². The summed E-state index contributed by atoms with van der Waals surface area (Å²) in [6.07, 6.45) is 2.16. The molecule has 8 heteroatoms. The maximum Gasteiger partial charge on any atom is 0.269 e. The van der Waals surface area contributed by atoms with Gasteiger partial charge >= 0.3 is 0 Å².